The van der Waals surface area contributed by atoms with E-state index < -0.39 is 0 Å². The topological polar surface area (TPSA) is 45.2 Å². The van der Waals surface area contributed by atoms with Gasteiger partial charge in [0.2, 0.25) is 0 Å². The number of carbonyl (C=O) groups excluding carboxylic acids is 1. The quantitative estimate of drug-likeness (QED) is 0.756. The van der Waals surface area contributed by atoms with Crippen LogP contribution < -0.4 is 5.32 Å². The Hall–Kier alpha value is -1.42. The van der Waals surface area contributed by atoms with Crippen LogP contribution in [0.5, 0.6) is 0 Å². The molecule has 1 amide bonds. The van der Waals surface area contributed by atoms with Crippen LogP contribution in [0.25, 0.3) is 0 Å². The van der Waals surface area contributed by atoms with Crippen molar-refractivity contribution in [2.24, 2.45) is 0 Å². The zero-order valence-corrected chi connectivity index (χ0v) is 10.2. The smallest absolute Gasteiger partial charge is 0.252 e. The molecule has 0 saturated heterocycles. The highest BCUT2D eigenvalue weighted by atomic mass is 16.1. The summed E-state index contributed by atoms with van der Waals surface area (Å²) in [5.74, 6) is -0.0498. The van der Waals surface area contributed by atoms with Crippen molar-refractivity contribution < 1.29 is 4.79 Å². The summed E-state index contributed by atoms with van der Waals surface area (Å²) in [5.41, 5.74) is 1.54. The van der Waals surface area contributed by atoms with Crippen molar-refractivity contribution in [3.8, 4) is 0 Å². The fraction of sp³-hybridized carbons (Fsp3) is 0.500. The maximum atomic E-state index is 11.6. The van der Waals surface area contributed by atoms with Gasteiger partial charge < -0.3 is 10.2 Å². The van der Waals surface area contributed by atoms with Crippen molar-refractivity contribution in [1.29, 1.82) is 0 Å². The van der Waals surface area contributed by atoms with E-state index in [0.717, 1.165) is 18.7 Å². The molecule has 1 aromatic rings. The normalized spacial score (nSPS) is 10.5. The second-order valence-electron chi connectivity index (χ2n) is 4.10. The molecule has 1 heterocycles. The molecule has 0 radical (unpaired) electrons. The van der Waals surface area contributed by atoms with Crippen LogP contribution in [0, 0.1) is 6.92 Å². The number of hydrogen-bond donors (Lipinski definition) is 1. The summed E-state index contributed by atoms with van der Waals surface area (Å²) >= 11 is 0. The molecule has 0 aromatic carbocycles. The van der Waals surface area contributed by atoms with Crippen LogP contribution in [0.3, 0.4) is 0 Å². The molecule has 1 N–H and O–H groups in total. The molecule has 0 unspecified atom stereocenters. The zero-order chi connectivity index (χ0) is 12.0. The van der Waals surface area contributed by atoms with Crippen molar-refractivity contribution in [2.75, 3.05) is 27.2 Å². The molecule has 0 saturated carbocycles. The second-order valence-corrected chi connectivity index (χ2v) is 4.10. The highest BCUT2D eigenvalue weighted by molar-refractivity contribution is 5.93. The van der Waals surface area contributed by atoms with Crippen molar-refractivity contribution in [2.45, 2.75) is 13.3 Å². The van der Waals surface area contributed by atoms with E-state index in [9.17, 15) is 4.79 Å². The Kier molecular flexibility index (Phi) is 4.92. The monoisotopic (exact) mass is 221 g/mol. The molecule has 0 bridgehead atoms. The summed E-state index contributed by atoms with van der Waals surface area (Å²) in [4.78, 5) is 17.8. The van der Waals surface area contributed by atoms with Crippen molar-refractivity contribution >= 4 is 5.91 Å². The number of aromatic nitrogens is 1. The first-order valence-electron chi connectivity index (χ1n) is 5.45. The number of hydrogen-bond acceptors (Lipinski definition) is 3. The minimum atomic E-state index is -0.0498. The van der Waals surface area contributed by atoms with Crippen LogP contribution in [-0.4, -0.2) is 43.0 Å². The minimum Gasteiger partial charge on any atom is -0.352 e. The van der Waals surface area contributed by atoms with E-state index in [1.54, 1.807) is 12.3 Å². The average molecular weight is 221 g/mol. The predicted molar refractivity (Wildman–Crippen MR) is 64.5 cm³/mol. The number of carbonyl (C=O) groups is 1. The standard InChI is InChI=1S/C12H19N3O/c1-10-5-6-11(9-14-10)12(16)13-7-4-8-15(2)3/h5-6,9H,4,7-8H2,1-3H3,(H,13,16). The number of rotatable bonds is 5. The van der Waals surface area contributed by atoms with Crippen molar-refractivity contribution in [3.05, 3.63) is 29.6 Å². The second kappa shape index (κ2) is 6.23. The minimum absolute atomic E-state index is 0.0498. The largest absolute Gasteiger partial charge is 0.352 e. The van der Waals surface area contributed by atoms with Crippen LogP contribution in [0.4, 0.5) is 0 Å². The summed E-state index contributed by atoms with van der Waals surface area (Å²) in [6, 6.07) is 3.64. The van der Waals surface area contributed by atoms with E-state index in [4.69, 9.17) is 0 Å². The first-order valence-corrected chi connectivity index (χ1v) is 5.45. The van der Waals surface area contributed by atoms with Gasteiger partial charge in [-0.3, -0.25) is 9.78 Å². The number of pyridine rings is 1. The highest BCUT2D eigenvalue weighted by Crippen LogP contribution is 1.98. The Morgan fingerprint density at radius 3 is 2.75 bits per heavy atom. The summed E-state index contributed by atoms with van der Waals surface area (Å²) in [5, 5.41) is 2.87. The maximum Gasteiger partial charge on any atom is 0.252 e. The molecular weight excluding hydrogens is 202 g/mol. The lowest BCUT2D eigenvalue weighted by Gasteiger charge is -2.09. The van der Waals surface area contributed by atoms with Crippen LogP contribution in [0.1, 0.15) is 22.5 Å². The number of aryl methyl sites for hydroxylation is 1. The van der Waals surface area contributed by atoms with Gasteiger partial charge >= 0.3 is 0 Å². The van der Waals surface area contributed by atoms with Crippen molar-refractivity contribution in [1.82, 2.24) is 15.2 Å². The third-order valence-corrected chi connectivity index (χ3v) is 2.24. The molecule has 1 aromatic heterocycles. The highest BCUT2D eigenvalue weighted by Gasteiger charge is 2.04. The Balaban J connectivity index is 2.32. The number of nitrogens with one attached hydrogen (secondary N) is 1. The van der Waals surface area contributed by atoms with Crippen molar-refractivity contribution in [3.63, 3.8) is 0 Å². The lowest BCUT2D eigenvalue weighted by atomic mass is 10.2. The van der Waals surface area contributed by atoms with Crippen LogP contribution in [-0.2, 0) is 0 Å². The summed E-state index contributed by atoms with van der Waals surface area (Å²) in [7, 11) is 4.04. The lowest BCUT2D eigenvalue weighted by molar-refractivity contribution is 0.0952. The van der Waals surface area contributed by atoms with Gasteiger partial charge in [-0.1, -0.05) is 0 Å². The van der Waals surface area contributed by atoms with Gasteiger partial charge in [0.25, 0.3) is 5.91 Å². The molecule has 0 aliphatic heterocycles. The summed E-state index contributed by atoms with van der Waals surface area (Å²) in [6.45, 7) is 3.58. The number of nitrogens with zero attached hydrogens (tertiary/aromatic N) is 2. The van der Waals surface area contributed by atoms with Gasteiger partial charge in [0, 0.05) is 18.4 Å². The fourth-order valence-corrected chi connectivity index (χ4v) is 1.30. The molecule has 0 fully saturated rings. The Morgan fingerprint density at radius 1 is 1.44 bits per heavy atom. The average Bonchev–Trinajstić information content (AvgIpc) is 2.25. The molecule has 1 rings (SSSR count). The van der Waals surface area contributed by atoms with Gasteiger partial charge in [-0.2, -0.15) is 0 Å². The van der Waals surface area contributed by atoms with E-state index in [-0.39, 0.29) is 5.91 Å². The third-order valence-electron chi connectivity index (χ3n) is 2.24. The predicted octanol–water partition coefficient (Wildman–Crippen LogP) is 1.07. The number of amides is 1. The molecular formula is C12H19N3O. The SMILES string of the molecule is Cc1ccc(C(=O)NCCCN(C)C)cn1. The van der Waals surface area contributed by atoms with Gasteiger partial charge in [-0.15, -0.1) is 0 Å². The van der Waals surface area contributed by atoms with E-state index in [1.165, 1.54) is 0 Å². The zero-order valence-electron chi connectivity index (χ0n) is 10.2. The van der Waals surface area contributed by atoms with E-state index in [1.807, 2.05) is 27.1 Å². The first-order chi connectivity index (χ1) is 7.59. The molecule has 4 nitrogen and oxygen atoms in total. The van der Waals surface area contributed by atoms with Gasteiger partial charge in [-0.25, -0.2) is 0 Å². The van der Waals surface area contributed by atoms with Crippen LogP contribution >= 0.6 is 0 Å². The molecule has 0 aliphatic carbocycles. The third kappa shape index (κ3) is 4.40. The molecule has 16 heavy (non-hydrogen) atoms. The van der Waals surface area contributed by atoms with Gasteiger partial charge in [0.15, 0.2) is 0 Å². The van der Waals surface area contributed by atoms with E-state index in [2.05, 4.69) is 15.2 Å². The Morgan fingerprint density at radius 2 is 2.19 bits per heavy atom. The molecule has 88 valence electrons. The van der Waals surface area contributed by atoms with E-state index in [0.29, 0.717) is 12.1 Å². The lowest BCUT2D eigenvalue weighted by Crippen LogP contribution is -2.27. The Bertz CT molecular complexity index is 333. The fourth-order valence-electron chi connectivity index (χ4n) is 1.30. The van der Waals surface area contributed by atoms with E-state index >= 15 is 0 Å². The van der Waals surface area contributed by atoms with Crippen LogP contribution in [0.2, 0.25) is 0 Å². The molecule has 0 spiro atoms. The van der Waals surface area contributed by atoms with Gasteiger partial charge in [0.05, 0.1) is 5.56 Å². The summed E-state index contributed by atoms with van der Waals surface area (Å²) < 4.78 is 0. The Labute approximate surface area is 96.7 Å². The van der Waals surface area contributed by atoms with Crippen LogP contribution in [0.15, 0.2) is 18.3 Å². The summed E-state index contributed by atoms with van der Waals surface area (Å²) in [6.07, 6.45) is 2.56. The van der Waals surface area contributed by atoms with Gasteiger partial charge in [0.1, 0.15) is 0 Å². The molecule has 4 heteroatoms. The maximum absolute atomic E-state index is 11.6. The van der Waals surface area contributed by atoms with Gasteiger partial charge in [-0.05, 0) is 46.1 Å². The molecule has 0 atom stereocenters. The first kappa shape index (κ1) is 12.6. The molecule has 0 aliphatic rings.